The van der Waals surface area contributed by atoms with Crippen LogP contribution in [0, 0.1) is 11.6 Å². The van der Waals surface area contributed by atoms with Gasteiger partial charge in [-0.25, -0.2) is 18.7 Å². The zero-order chi connectivity index (χ0) is 20.2. The van der Waals surface area contributed by atoms with Gasteiger partial charge in [-0.15, -0.1) is 0 Å². The molecule has 1 aliphatic heterocycles. The summed E-state index contributed by atoms with van der Waals surface area (Å²) in [5, 5.41) is 2.47. The second kappa shape index (κ2) is 8.22. The van der Waals surface area contributed by atoms with Gasteiger partial charge >= 0.3 is 0 Å². The number of hydrogen-bond acceptors (Lipinski definition) is 5. The molecular formula is C21H19F2N5O. The number of rotatable bonds is 4. The van der Waals surface area contributed by atoms with Crippen LogP contribution in [0.15, 0.2) is 60.9 Å². The number of benzene rings is 1. The molecule has 6 nitrogen and oxygen atoms in total. The molecule has 0 spiro atoms. The Kier molecular flexibility index (Phi) is 5.33. The van der Waals surface area contributed by atoms with E-state index in [1.165, 1.54) is 6.07 Å². The number of pyridine rings is 2. The van der Waals surface area contributed by atoms with E-state index in [0.717, 1.165) is 44.1 Å². The molecule has 0 saturated carbocycles. The van der Waals surface area contributed by atoms with Crippen molar-refractivity contribution in [3.05, 3.63) is 78.1 Å². The normalized spacial score (nSPS) is 14.0. The fourth-order valence-electron chi connectivity index (χ4n) is 3.22. The molecule has 0 unspecified atom stereocenters. The van der Waals surface area contributed by atoms with Crippen molar-refractivity contribution in [2.45, 2.75) is 0 Å². The summed E-state index contributed by atoms with van der Waals surface area (Å²) in [5.74, 6) is -0.381. The largest absolute Gasteiger partial charge is 0.353 e. The maximum Gasteiger partial charge on any atom is 0.255 e. The molecule has 0 radical (unpaired) electrons. The number of carbonyl (C=O) groups excluding carboxylic acids is 1. The van der Waals surface area contributed by atoms with Crippen LogP contribution in [0.4, 0.5) is 26.1 Å². The number of nitrogens with zero attached hydrogens (tertiary/aromatic N) is 4. The van der Waals surface area contributed by atoms with Crippen LogP contribution in [0.3, 0.4) is 0 Å². The molecule has 2 aromatic heterocycles. The molecule has 1 N–H and O–H groups in total. The Morgan fingerprint density at radius 2 is 1.59 bits per heavy atom. The van der Waals surface area contributed by atoms with Crippen LogP contribution >= 0.6 is 0 Å². The number of halogens is 2. The number of nitrogens with one attached hydrogen (secondary N) is 1. The standard InChI is InChI=1S/C21H19F2N5O/c22-16-4-5-18(17(23)14-16)26-21(29)15-6-8-25-20(13-15)28-11-9-27(10-12-28)19-3-1-2-7-24-19/h1-8,13-14H,9-12H2,(H,26,29). The van der Waals surface area contributed by atoms with Crippen LogP contribution in [0.1, 0.15) is 10.4 Å². The Balaban J connectivity index is 1.43. The zero-order valence-electron chi connectivity index (χ0n) is 15.6. The van der Waals surface area contributed by atoms with Gasteiger partial charge in [0.05, 0.1) is 5.69 Å². The molecule has 148 valence electrons. The zero-order valence-corrected chi connectivity index (χ0v) is 15.6. The third-order valence-corrected chi connectivity index (χ3v) is 4.76. The van der Waals surface area contributed by atoms with Crippen molar-refractivity contribution in [2.75, 3.05) is 41.3 Å². The summed E-state index contributed by atoms with van der Waals surface area (Å²) in [4.78, 5) is 25.5. The van der Waals surface area contributed by atoms with E-state index < -0.39 is 17.5 Å². The van der Waals surface area contributed by atoms with E-state index in [0.29, 0.717) is 11.4 Å². The predicted octanol–water partition coefficient (Wildman–Crippen LogP) is 3.33. The molecule has 0 aliphatic carbocycles. The summed E-state index contributed by atoms with van der Waals surface area (Å²) in [6.45, 7) is 3.05. The Hall–Kier alpha value is -3.55. The first-order chi connectivity index (χ1) is 14.1. The third kappa shape index (κ3) is 4.31. The van der Waals surface area contributed by atoms with E-state index >= 15 is 0 Å². The van der Waals surface area contributed by atoms with Gasteiger partial charge in [-0.1, -0.05) is 6.07 Å². The van der Waals surface area contributed by atoms with Crippen LogP contribution in [-0.2, 0) is 0 Å². The lowest BCUT2D eigenvalue weighted by atomic mass is 10.2. The Morgan fingerprint density at radius 1 is 0.862 bits per heavy atom. The number of piperazine rings is 1. The molecule has 1 aliphatic rings. The molecule has 3 heterocycles. The molecule has 8 heteroatoms. The van der Waals surface area contributed by atoms with E-state index in [4.69, 9.17) is 0 Å². The van der Waals surface area contributed by atoms with Crippen molar-refractivity contribution >= 4 is 23.2 Å². The summed E-state index contributed by atoms with van der Waals surface area (Å²) in [7, 11) is 0. The first kappa shape index (κ1) is 18.8. The van der Waals surface area contributed by atoms with E-state index in [2.05, 4.69) is 25.1 Å². The van der Waals surface area contributed by atoms with Crippen LogP contribution < -0.4 is 15.1 Å². The Bertz CT molecular complexity index is 1010. The second-order valence-electron chi connectivity index (χ2n) is 6.64. The molecule has 1 aromatic carbocycles. The van der Waals surface area contributed by atoms with Crippen molar-refractivity contribution in [2.24, 2.45) is 0 Å². The molecule has 29 heavy (non-hydrogen) atoms. The van der Waals surface area contributed by atoms with Gasteiger partial charge in [-0.2, -0.15) is 0 Å². The van der Waals surface area contributed by atoms with Crippen molar-refractivity contribution < 1.29 is 13.6 Å². The molecule has 3 aromatic rings. The van der Waals surface area contributed by atoms with Gasteiger partial charge in [-0.05, 0) is 36.4 Å². The Labute approximate surface area is 166 Å². The molecule has 0 bridgehead atoms. The summed E-state index contributed by atoms with van der Waals surface area (Å²) in [6.07, 6.45) is 3.33. The van der Waals surface area contributed by atoms with E-state index in [-0.39, 0.29) is 5.69 Å². The minimum Gasteiger partial charge on any atom is -0.353 e. The van der Waals surface area contributed by atoms with Crippen molar-refractivity contribution in [3.63, 3.8) is 0 Å². The maximum atomic E-state index is 13.8. The number of amides is 1. The van der Waals surface area contributed by atoms with Gasteiger partial charge in [0, 0.05) is 50.2 Å². The highest BCUT2D eigenvalue weighted by Gasteiger charge is 2.20. The minimum absolute atomic E-state index is 0.0706. The topological polar surface area (TPSA) is 61.4 Å². The van der Waals surface area contributed by atoms with Gasteiger partial charge in [-0.3, -0.25) is 4.79 Å². The first-order valence-electron chi connectivity index (χ1n) is 9.23. The fourth-order valence-corrected chi connectivity index (χ4v) is 3.22. The van der Waals surface area contributed by atoms with Crippen LogP contribution in [-0.4, -0.2) is 42.1 Å². The highest BCUT2D eigenvalue weighted by atomic mass is 19.1. The van der Waals surface area contributed by atoms with Gasteiger partial charge in [0.2, 0.25) is 0 Å². The molecule has 1 saturated heterocycles. The lowest BCUT2D eigenvalue weighted by Gasteiger charge is -2.36. The molecule has 4 rings (SSSR count). The first-order valence-corrected chi connectivity index (χ1v) is 9.23. The van der Waals surface area contributed by atoms with E-state index in [1.807, 2.05) is 18.2 Å². The SMILES string of the molecule is O=C(Nc1ccc(F)cc1F)c1ccnc(N2CCN(c3ccccn3)CC2)c1. The van der Waals surface area contributed by atoms with Crippen LogP contribution in [0.2, 0.25) is 0 Å². The average molecular weight is 395 g/mol. The van der Waals surface area contributed by atoms with Crippen molar-refractivity contribution in [3.8, 4) is 0 Å². The Morgan fingerprint density at radius 3 is 2.28 bits per heavy atom. The van der Waals surface area contributed by atoms with Gasteiger partial charge in [0.1, 0.15) is 23.3 Å². The second-order valence-corrected chi connectivity index (χ2v) is 6.64. The smallest absolute Gasteiger partial charge is 0.255 e. The maximum absolute atomic E-state index is 13.8. The highest BCUT2D eigenvalue weighted by Crippen LogP contribution is 2.20. The molecule has 0 atom stereocenters. The van der Waals surface area contributed by atoms with Gasteiger partial charge in [0.25, 0.3) is 5.91 Å². The lowest BCUT2D eigenvalue weighted by molar-refractivity contribution is 0.102. The quantitative estimate of drug-likeness (QED) is 0.734. The number of carbonyl (C=O) groups is 1. The molecular weight excluding hydrogens is 376 g/mol. The monoisotopic (exact) mass is 395 g/mol. The van der Waals surface area contributed by atoms with Crippen LogP contribution in [0.25, 0.3) is 0 Å². The van der Waals surface area contributed by atoms with Crippen molar-refractivity contribution in [1.29, 1.82) is 0 Å². The van der Waals surface area contributed by atoms with Crippen molar-refractivity contribution in [1.82, 2.24) is 9.97 Å². The average Bonchev–Trinajstić information content (AvgIpc) is 2.76. The van der Waals surface area contributed by atoms with Gasteiger partial charge in [0.15, 0.2) is 0 Å². The summed E-state index contributed by atoms with van der Waals surface area (Å²) >= 11 is 0. The number of hydrogen-bond donors (Lipinski definition) is 1. The predicted molar refractivity (Wildman–Crippen MR) is 107 cm³/mol. The molecule has 1 amide bonds. The summed E-state index contributed by atoms with van der Waals surface area (Å²) < 4.78 is 26.8. The fraction of sp³-hybridized carbons (Fsp3) is 0.190. The number of anilines is 3. The third-order valence-electron chi connectivity index (χ3n) is 4.76. The van der Waals surface area contributed by atoms with E-state index in [9.17, 15) is 13.6 Å². The van der Waals surface area contributed by atoms with Crippen LogP contribution in [0.5, 0.6) is 0 Å². The molecule has 1 fully saturated rings. The minimum atomic E-state index is -0.821. The number of aromatic nitrogens is 2. The highest BCUT2D eigenvalue weighted by molar-refractivity contribution is 6.04. The summed E-state index contributed by atoms with van der Waals surface area (Å²) in [6, 6.07) is 12.1. The van der Waals surface area contributed by atoms with E-state index in [1.54, 1.807) is 24.5 Å². The van der Waals surface area contributed by atoms with Gasteiger partial charge < -0.3 is 15.1 Å². The lowest BCUT2D eigenvalue weighted by Crippen LogP contribution is -2.47. The summed E-state index contributed by atoms with van der Waals surface area (Å²) in [5.41, 5.74) is 0.282.